The van der Waals surface area contributed by atoms with Gasteiger partial charge >= 0.3 is 0 Å². The predicted octanol–water partition coefficient (Wildman–Crippen LogP) is 2.30. The number of pyridine rings is 1. The van der Waals surface area contributed by atoms with Crippen molar-refractivity contribution in [2.24, 2.45) is 10.4 Å². The van der Waals surface area contributed by atoms with E-state index >= 15 is 0 Å². The Labute approximate surface area is 155 Å². The Balaban J connectivity index is 1.58. The molecule has 0 saturated carbocycles. The third kappa shape index (κ3) is 4.76. The topological polar surface area (TPSA) is 61.8 Å². The molecular weight excluding hydrogens is 338 g/mol. The molecule has 0 radical (unpaired) electrons. The molecule has 3 heterocycles. The second-order valence-electron chi connectivity index (χ2n) is 7.19. The van der Waals surface area contributed by atoms with E-state index in [0.29, 0.717) is 11.1 Å². The van der Waals surface area contributed by atoms with Crippen LogP contribution in [0.25, 0.3) is 0 Å². The van der Waals surface area contributed by atoms with Crippen LogP contribution in [0, 0.1) is 5.41 Å². The molecule has 0 aliphatic carbocycles. The van der Waals surface area contributed by atoms with E-state index in [4.69, 9.17) is 21.3 Å². The van der Waals surface area contributed by atoms with E-state index < -0.39 is 0 Å². The normalized spacial score (nSPS) is 26.9. The van der Waals surface area contributed by atoms with Gasteiger partial charge in [-0.1, -0.05) is 18.5 Å². The summed E-state index contributed by atoms with van der Waals surface area (Å²) in [5.74, 6) is 1.75. The highest BCUT2D eigenvalue weighted by atomic mass is 35.5. The van der Waals surface area contributed by atoms with Gasteiger partial charge in [0.15, 0.2) is 5.96 Å². The fourth-order valence-corrected chi connectivity index (χ4v) is 3.54. The summed E-state index contributed by atoms with van der Waals surface area (Å²) >= 11 is 6.27. The highest BCUT2D eigenvalue weighted by molar-refractivity contribution is 6.32. The quantitative estimate of drug-likeness (QED) is 0.619. The maximum Gasteiger partial charge on any atom is 0.191 e. The lowest BCUT2D eigenvalue weighted by atomic mass is 9.90. The van der Waals surface area contributed by atoms with E-state index in [-0.39, 0.29) is 5.41 Å². The van der Waals surface area contributed by atoms with Crippen molar-refractivity contribution >= 4 is 23.4 Å². The van der Waals surface area contributed by atoms with Gasteiger partial charge in [0.25, 0.3) is 0 Å². The first kappa shape index (κ1) is 18.3. The fourth-order valence-electron chi connectivity index (χ4n) is 3.30. The van der Waals surface area contributed by atoms with Crippen LogP contribution in [0.15, 0.2) is 23.3 Å². The van der Waals surface area contributed by atoms with Crippen molar-refractivity contribution in [3.05, 3.63) is 23.4 Å². The number of rotatable bonds is 5. The molecular formula is C18H28ClN5O. The standard InChI is InChI=1S/C18H28ClN5O/c1-3-20-17(22-12-18(2)7-10-25-13-18)23-14-6-9-24(11-14)16-15(19)5-4-8-21-16/h4-5,8,14H,3,6-7,9-13H2,1-2H3,(H2,20,22,23). The van der Waals surface area contributed by atoms with Crippen LogP contribution >= 0.6 is 11.6 Å². The van der Waals surface area contributed by atoms with Crippen LogP contribution in [0.4, 0.5) is 5.82 Å². The molecule has 138 valence electrons. The van der Waals surface area contributed by atoms with Crippen LogP contribution in [0.5, 0.6) is 0 Å². The number of ether oxygens (including phenoxy) is 1. The monoisotopic (exact) mass is 365 g/mol. The number of nitrogens with zero attached hydrogens (tertiary/aromatic N) is 3. The molecule has 2 N–H and O–H groups in total. The maximum atomic E-state index is 6.27. The average Bonchev–Trinajstić information content (AvgIpc) is 3.23. The van der Waals surface area contributed by atoms with Crippen molar-refractivity contribution in [1.29, 1.82) is 0 Å². The highest BCUT2D eigenvalue weighted by Crippen LogP contribution is 2.28. The molecule has 0 spiro atoms. The van der Waals surface area contributed by atoms with Gasteiger partial charge in [-0.2, -0.15) is 0 Å². The van der Waals surface area contributed by atoms with E-state index in [2.05, 4.69) is 34.4 Å². The summed E-state index contributed by atoms with van der Waals surface area (Å²) in [6.45, 7) is 9.43. The van der Waals surface area contributed by atoms with Gasteiger partial charge in [-0.15, -0.1) is 0 Å². The number of nitrogens with one attached hydrogen (secondary N) is 2. The Hall–Kier alpha value is -1.53. The van der Waals surface area contributed by atoms with Gasteiger partial charge in [0.05, 0.1) is 18.2 Å². The van der Waals surface area contributed by atoms with Gasteiger partial charge in [-0.3, -0.25) is 4.99 Å². The Morgan fingerprint density at radius 1 is 1.56 bits per heavy atom. The summed E-state index contributed by atoms with van der Waals surface area (Å²) in [6.07, 6.45) is 3.90. The molecule has 3 rings (SSSR count). The third-order valence-corrected chi connectivity index (χ3v) is 5.13. The molecule has 0 amide bonds. The molecule has 2 aliphatic rings. The van der Waals surface area contributed by atoms with Crippen LogP contribution < -0.4 is 15.5 Å². The minimum Gasteiger partial charge on any atom is -0.381 e. The lowest BCUT2D eigenvalue weighted by molar-refractivity contribution is 0.163. The number of hydrogen-bond acceptors (Lipinski definition) is 4. The molecule has 1 aromatic heterocycles. The van der Waals surface area contributed by atoms with Gasteiger partial charge in [0.1, 0.15) is 5.82 Å². The lowest BCUT2D eigenvalue weighted by Crippen LogP contribution is -2.45. The van der Waals surface area contributed by atoms with Crippen molar-refractivity contribution in [1.82, 2.24) is 15.6 Å². The average molecular weight is 366 g/mol. The van der Waals surface area contributed by atoms with Crippen molar-refractivity contribution in [2.75, 3.05) is 44.3 Å². The molecule has 0 bridgehead atoms. The summed E-state index contributed by atoms with van der Waals surface area (Å²) in [6, 6.07) is 4.09. The smallest absolute Gasteiger partial charge is 0.191 e. The largest absolute Gasteiger partial charge is 0.381 e. The maximum absolute atomic E-state index is 6.27. The molecule has 0 aromatic carbocycles. The van der Waals surface area contributed by atoms with E-state index in [9.17, 15) is 0 Å². The van der Waals surface area contributed by atoms with E-state index in [1.165, 1.54) is 0 Å². The van der Waals surface area contributed by atoms with E-state index in [1.807, 2.05) is 12.1 Å². The fraction of sp³-hybridized carbons (Fsp3) is 0.667. The van der Waals surface area contributed by atoms with Crippen LogP contribution in [-0.4, -0.2) is 56.4 Å². The van der Waals surface area contributed by atoms with Gasteiger partial charge in [-0.25, -0.2) is 4.98 Å². The highest BCUT2D eigenvalue weighted by Gasteiger charge is 2.30. The first-order valence-corrected chi connectivity index (χ1v) is 9.45. The number of halogens is 1. The number of aromatic nitrogens is 1. The minimum atomic E-state index is 0.158. The predicted molar refractivity (Wildman–Crippen MR) is 103 cm³/mol. The molecule has 1 aromatic rings. The number of aliphatic imine (C=N–C) groups is 1. The SMILES string of the molecule is CCNC(=NCC1(C)CCOC1)NC1CCN(c2ncccc2Cl)C1. The van der Waals surface area contributed by atoms with Crippen molar-refractivity contribution in [3.8, 4) is 0 Å². The van der Waals surface area contributed by atoms with E-state index in [1.54, 1.807) is 6.20 Å². The molecule has 2 saturated heterocycles. The van der Waals surface area contributed by atoms with Gasteiger partial charge < -0.3 is 20.3 Å². The summed E-state index contributed by atoms with van der Waals surface area (Å²) in [4.78, 5) is 11.4. The van der Waals surface area contributed by atoms with Crippen molar-refractivity contribution in [3.63, 3.8) is 0 Å². The van der Waals surface area contributed by atoms with Crippen LogP contribution in [0.2, 0.25) is 5.02 Å². The Morgan fingerprint density at radius 2 is 2.44 bits per heavy atom. The molecule has 25 heavy (non-hydrogen) atoms. The number of hydrogen-bond donors (Lipinski definition) is 2. The molecule has 6 nitrogen and oxygen atoms in total. The second kappa shape index (κ2) is 8.23. The van der Waals surface area contributed by atoms with Crippen molar-refractivity contribution in [2.45, 2.75) is 32.7 Å². The first-order valence-electron chi connectivity index (χ1n) is 9.08. The lowest BCUT2D eigenvalue weighted by Gasteiger charge is -2.22. The molecule has 7 heteroatoms. The van der Waals surface area contributed by atoms with Crippen LogP contribution in [-0.2, 0) is 4.74 Å². The van der Waals surface area contributed by atoms with Gasteiger partial charge in [-0.05, 0) is 31.9 Å². The summed E-state index contributed by atoms with van der Waals surface area (Å²) < 4.78 is 5.52. The second-order valence-corrected chi connectivity index (χ2v) is 7.60. The number of guanidine groups is 1. The summed E-state index contributed by atoms with van der Waals surface area (Å²) in [5, 5.41) is 7.62. The van der Waals surface area contributed by atoms with Crippen LogP contribution in [0.1, 0.15) is 26.7 Å². The van der Waals surface area contributed by atoms with Gasteiger partial charge in [0.2, 0.25) is 0 Å². The summed E-state index contributed by atoms with van der Waals surface area (Å²) in [5.41, 5.74) is 0.158. The van der Waals surface area contributed by atoms with Gasteiger partial charge in [0, 0.05) is 43.9 Å². The zero-order chi connectivity index (χ0) is 17.7. The minimum absolute atomic E-state index is 0.158. The van der Waals surface area contributed by atoms with Crippen molar-refractivity contribution < 1.29 is 4.74 Å². The third-order valence-electron chi connectivity index (χ3n) is 4.83. The van der Waals surface area contributed by atoms with Crippen LogP contribution in [0.3, 0.4) is 0 Å². The molecule has 2 unspecified atom stereocenters. The Morgan fingerprint density at radius 3 is 3.16 bits per heavy atom. The zero-order valence-electron chi connectivity index (χ0n) is 15.1. The molecule has 2 atom stereocenters. The Bertz CT molecular complexity index is 603. The Kier molecular flexibility index (Phi) is 6.02. The molecule has 2 aliphatic heterocycles. The first-order chi connectivity index (χ1) is 12.1. The van der Waals surface area contributed by atoms with E-state index in [0.717, 1.165) is 64.0 Å². The number of anilines is 1. The zero-order valence-corrected chi connectivity index (χ0v) is 15.9. The molecule has 2 fully saturated rings. The summed E-state index contributed by atoms with van der Waals surface area (Å²) in [7, 11) is 0.